The van der Waals surface area contributed by atoms with E-state index in [-0.39, 0.29) is 0 Å². The summed E-state index contributed by atoms with van der Waals surface area (Å²) in [5.41, 5.74) is 2.28. The SMILES string of the molecule is CN(Cc1cccc(O)c1)c1ccccc1. The minimum Gasteiger partial charge on any atom is -0.508 e. The van der Waals surface area contributed by atoms with E-state index in [0.29, 0.717) is 5.75 Å². The van der Waals surface area contributed by atoms with E-state index in [1.807, 2.05) is 37.4 Å². The van der Waals surface area contributed by atoms with Crippen LogP contribution in [0.4, 0.5) is 5.69 Å². The van der Waals surface area contributed by atoms with Crippen LogP contribution in [0.15, 0.2) is 54.6 Å². The lowest BCUT2D eigenvalue weighted by Gasteiger charge is -2.19. The van der Waals surface area contributed by atoms with Crippen molar-refractivity contribution in [2.45, 2.75) is 6.54 Å². The molecule has 2 aromatic carbocycles. The molecular formula is C14H15NO. The van der Waals surface area contributed by atoms with Crippen LogP contribution in [0.1, 0.15) is 5.56 Å². The number of hydrogen-bond donors (Lipinski definition) is 1. The number of nitrogens with zero attached hydrogens (tertiary/aromatic N) is 1. The average Bonchev–Trinajstić information content (AvgIpc) is 2.30. The van der Waals surface area contributed by atoms with Crippen LogP contribution in [0.2, 0.25) is 0 Å². The van der Waals surface area contributed by atoms with Crippen molar-refractivity contribution in [1.82, 2.24) is 0 Å². The second-order valence-corrected chi connectivity index (χ2v) is 3.86. The van der Waals surface area contributed by atoms with E-state index in [1.54, 1.807) is 12.1 Å². The standard InChI is InChI=1S/C14H15NO/c1-15(13-7-3-2-4-8-13)11-12-6-5-9-14(16)10-12/h2-10,16H,11H2,1H3. The Morgan fingerprint density at radius 2 is 1.75 bits per heavy atom. The molecular weight excluding hydrogens is 198 g/mol. The fraction of sp³-hybridized carbons (Fsp3) is 0.143. The molecule has 1 N–H and O–H groups in total. The monoisotopic (exact) mass is 213 g/mol. The third-order valence-corrected chi connectivity index (χ3v) is 2.53. The highest BCUT2D eigenvalue weighted by molar-refractivity contribution is 5.46. The zero-order valence-electron chi connectivity index (χ0n) is 9.30. The largest absolute Gasteiger partial charge is 0.508 e. The van der Waals surface area contributed by atoms with E-state index in [0.717, 1.165) is 12.1 Å². The molecule has 16 heavy (non-hydrogen) atoms. The Balaban J connectivity index is 2.11. The van der Waals surface area contributed by atoms with Gasteiger partial charge in [0.25, 0.3) is 0 Å². The minimum absolute atomic E-state index is 0.318. The van der Waals surface area contributed by atoms with Crippen LogP contribution in [0.5, 0.6) is 5.75 Å². The van der Waals surface area contributed by atoms with Crippen molar-refractivity contribution in [2.24, 2.45) is 0 Å². The summed E-state index contributed by atoms with van der Waals surface area (Å²) >= 11 is 0. The number of rotatable bonds is 3. The molecule has 0 saturated heterocycles. The molecule has 2 nitrogen and oxygen atoms in total. The average molecular weight is 213 g/mol. The van der Waals surface area contributed by atoms with Crippen LogP contribution in [0.3, 0.4) is 0 Å². The lowest BCUT2D eigenvalue weighted by Crippen LogP contribution is -2.15. The lowest BCUT2D eigenvalue weighted by atomic mass is 10.2. The van der Waals surface area contributed by atoms with Gasteiger partial charge in [0.15, 0.2) is 0 Å². The fourth-order valence-electron chi connectivity index (χ4n) is 1.70. The van der Waals surface area contributed by atoms with Gasteiger partial charge < -0.3 is 10.0 Å². The maximum absolute atomic E-state index is 9.38. The van der Waals surface area contributed by atoms with Crippen molar-refractivity contribution in [2.75, 3.05) is 11.9 Å². The van der Waals surface area contributed by atoms with Crippen molar-refractivity contribution in [3.8, 4) is 5.75 Å². The summed E-state index contributed by atoms with van der Waals surface area (Å²) in [5, 5.41) is 9.38. The van der Waals surface area contributed by atoms with Crippen LogP contribution in [0, 0.1) is 0 Å². The van der Waals surface area contributed by atoms with Crippen molar-refractivity contribution in [1.29, 1.82) is 0 Å². The zero-order valence-corrected chi connectivity index (χ0v) is 9.30. The molecule has 0 heterocycles. The maximum Gasteiger partial charge on any atom is 0.115 e. The van der Waals surface area contributed by atoms with E-state index >= 15 is 0 Å². The van der Waals surface area contributed by atoms with Crippen LogP contribution < -0.4 is 4.90 Å². The second kappa shape index (κ2) is 4.71. The molecule has 2 heteroatoms. The number of benzene rings is 2. The Kier molecular flexibility index (Phi) is 3.10. The number of para-hydroxylation sites is 1. The molecule has 2 rings (SSSR count). The first-order valence-electron chi connectivity index (χ1n) is 5.30. The maximum atomic E-state index is 9.38. The quantitative estimate of drug-likeness (QED) is 0.847. The molecule has 0 atom stereocenters. The zero-order chi connectivity index (χ0) is 11.4. The molecule has 0 bridgehead atoms. The number of phenolic OH excluding ortho intramolecular Hbond substituents is 1. The van der Waals surface area contributed by atoms with Gasteiger partial charge in [-0.15, -0.1) is 0 Å². The smallest absolute Gasteiger partial charge is 0.115 e. The van der Waals surface area contributed by atoms with Gasteiger partial charge in [-0.3, -0.25) is 0 Å². The molecule has 0 aliphatic carbocycles. The van der Waals surface area contributed by atoms with E-state index in [4.69, 9.17) is 0 Å². The van der Waals surface area contributed by atoms with E-state index in [2.05, 4.69) is 17.0 Å². The summed E-state index contributed by atoms with van der Waals surface area (Å²) in [6, 6.07) is 17.5. The van der Waals surface area contributed by atoms with Gasteiger partial charge in [0, 0.05) is 19.3 Å². The fourth-order valence-corrected chi connectivity index (χ4v) is 1.70. The third-order valence-electron chi connectivity index (χ3n) is 2.53. The summed E-state index contributed by atoms with van der Waals surface area (Å²) in [7, 11) is 2.04. The predicted molar refractivity (Wildman–Crippen MR) is 66.7 cm³/mol. The first kappa shape index (κ1) is 10.6. The van der Waals surface area contributed by atoms with Crippen LogP contribution in [-0.2, 0) is 6.54 Å². The van der Waals surface area contributed by atoms with Gasteiger partial charge in [-0.2, -0.15) is 0 Å². The molecule has 0 unspecified atom stereocenters. The number of hydrogen-bond acceptors (Lipinski definition) is 2. The van der Waals surface area contributed by atoms with Crippen molar-refractivity contribution in [3.63, 3.8) is 0 Å². The highest BCUT2D eigenvalue weighted by atomic mass is 16.3. The predicted octanol–water partition coefficient (Wildman–Crippen LogP) is 3.03. The molecule has 0 aliphatic heterocycles. The summed E-state index contributed by atoms with van der Waals surface area (Å²) in [4.78, 5) is 2.15. The first-order valence-corrected chi connectivity index (χ1v) is 5.30. The summed E-state index contributed by atoms with van der Waals surface area (Å²) in [6.07, 6.45) is 0. The van der Waals surface area contributed by atoms with Crippen molar-refractivity contribution >= 4 is 5.69 Å². The van der Waals surface area contributed by atoms with E-state index < -0.39 is 0 Å². The van der Waals surface area contributed by atoms with Gasteiger partial charge in [0.2, 0.25) is 0 Å². The lowest BCUT2D eigenvalue weighted by molar-refractivity contribution is 0.474. The topological polar surface area (TPSA) is 23.5 Å². The Labute approximate surface area is 95.8 Å². The molecule has 2 aromatic rings. The number of aromatic hydroxyl groups is 1. The summed E-state index contributed by atoms with van der Waals surface area (Å²) in [6.45, 7) is 0.790. The Morgan fingerprint density at radius 1 is 1.00 bits per heavy atom. The van der Waals surface area contributed by atoms with Crippen molar-refractivity contribution < 1.29 is 5.11 Å². The van der Waals surface area contributed by atoms with Crippen LogP contribution in [-0.4, -0.2) is 12.2 Å². The Hall–Kier alpha value is -1.96. The second-order valence-electron chi connectivity index (χ2n) is 3.86. The van der Waals surface area contributed by atoms with Crippen LogP contribution >= 0.6 is 0 Å². The Morgan fingerprint density at radius 3 is 2.44 bits per heavy atom. The van der Waals surface area contributed by atoms with Crippen LogP contribution in [0.25, 0.3) is 0 Å². The normalized spacial score (nSPS) is 10.1. The molecule has 0 amide bonds. The number of anilines is 1. The molecule has 0 aromatic heterocycles. The van der Waals surface area contributed by atoms with Gasteiger partial charge in [0.05, 0.1) is 0 Å². The molecule has 0 fully saturated rings. The third kappa shape index (κ3) is 2.54. The summed E-state index contributed by atoms with van der Waals surface area (Å²) in [5.74, 6) is 0.318. The van der Waals surface area contributed by atoms with Gasteiger partial charge >= 0.3 is 0 Å². The van der Waals surface area contributed by atoms with Crippen molar-refractivity contribution in [3.05, 3.63) is 60.2 Å². The van der Waals surface area contributed by atoms with Gasteiger partial charge in [-0.25, -0.2) is 0 Å². The molecule has 82 valence electrons. The molecule has 0 radical (unpaired) electrons. The van der Waals surface area contributed by atoms with E-state index in [9.17, 15) is 5.11 Å². The van der Waals surface area contributed by atoms with Gasteiger partial charge in [-0.1, -0.05) is 30.3 Å². The first-order chi connectivity index (χ1) is 7.75. The summed E-state index contributed by atoms with van der Waals surface area (Å²) < 4.78 is 0. The molecule has 0 aliphatic rings. The minimum atomic E-state index is 0.318. The van der Waals surface area contributed by atoms with E-state index in [1.165, 1.54) is 5.69 Å². The highest BCUT2D eigenvalue weighted by Crippen LogP contribution is 2.17. The Bertz CT molecular complexity index is 453. The van der Waals surface area contributed by atoms with Gasteiger partial charge in [0.1, 0.15) is 5.75 Å². The number of phenols is 1. The highest BCUT2D eigenvalue weighted by Gasteiger charge is 2.01. The molecule has 0 saturated carbocycles. The van der Waals surface area contributed by atoms with Gasteiger partial charge in [-0.05, 0) is 29.8 Å². The molecule has 0 spiro atoms.